The molecule has 32 heavy (non-hydrogen) atoms. The highest BCUT2D eigenvalue weighted by molar-refractivity contribution is 5.44. The van der Waals surface area contributed by atoms with Gasteiger partial charge in [0.1, 0.15) is 17.3 Å². The molecule has 3 aromatic rings. The van der Waals surface area contributed by atoms with Crippen LogP contribution < -0.4 is 15.2 Å². The minimum atomic E-state index is -0.146. The van der Waals surface area contributed by atoms with Gasteiger partial charge in [-0.2, -0.15) is 0 Å². The van der Waals surface area contributed by atoms with Crippen molar-refractivity contribution >= 4 is 5.69 Å². The lowest BCUT2D eigenvalue weighted by atomic mass is 9.74. The summed E-state index contributed by atoms with van der Waals surface area (Å²) in [4.78, 5) is 14.8. The van der Waals surface area contributed by atoms with E-state index in [2.05, 4.69) is 17.9 Å². The SMILES string of the molecule is Cc1ccccc1OCC1(CCc2ccccc2F)CCN(c2cccn(C)c2=O)CC1. The minimum Gasteiger partial charge on any atom is -0.493 e. The first kappa shape index (κ1) is 22.1. The van der Waals surface area contributed by atoms with Crippen molar-refractivity contribution in [2.24, 2.45) is 12.5 Å². The summed E-state index contributed by atoms with van der Waals surface area (Å²) in [7, 11) is 1.78. The molecular weight excluding hydrogens is 403 g/mol. The van der Waals surface area contributed by atoms with E-state index >= 15 is 0 Å². The number of halogens is 1. The molecule has 0 bridgehead atoms. The highest BCUT2D eigenvalue weighted by atomic mass is 19.1. The third-order valence-electron chi connectivity index (χ3n) is 6.78. The Bertz CT molecular complexity index is 1060. The van der Waals surface area contributed by atoms with E-state index in [1.807, 2.05) is 42.5 Å². The van der Waals surface area contributed by atoms with E-state index in [9.17, 15) is 9.18 Å². The van der Waals surface area contributed by atoms with Crippen LogP contribution in [-0.4, -0.2) is 24.3 Å². The first-order valence-corrected chi connectivity index (χ1v) is 11.3. The van der Waals surface area contributed by atoms with Gasteiger partial charge >= 0.3 is 0 Å². The number of piperidine rings is 1. The third-order valence-corrected chi connectivity index (χ3v) is 6.78. The molecule has 1 aliphatic rings. The van der Waals surface area contributed by atoms with Crippen LogP contribution in [0.25, 0.3) is 0 Å². The second kappa shape index (κ2) is 9.60. The topological polar surface area (TPSA) is 34.5 Å². The number of hydrogen-bond acceptors (Lipinski definition) is 3. The van der Waals surface area contributed by atoms with Crippen molar-refractivity contribution in [3.05, 3.63) is 94.2 Å². The van der Waals surface area contributed by atoms with E-state index in [-0.39, 0.29) is 16.8 Å². The zero-order chi connectivity index (χ0) is 22.6. The number of nitrogens with zero attached hydrogens (tertiary/aromatic N) is 2. The normalized spacial score (nSPS) is 15.5. The van der Waals surface area contributed by atoms with Crippen molar-refractivity contribution in [2.45, 2.75) is 32.6 Å². The fourth-order valence-electron chi connectivity index (χ4n) is 4.56. The van der Waals surface area contributed by atoms with Crippen LogP contribution in [0.1, 0.15) is 30.4 Å². The summed E-state index contributed by atoms with van der Waals surface area (Å²) in [6, 6.07) is 18.9. The molecule has 0 amide bonds. The minimum absolute atomic E-state index is 0.0301. The highest BCUT2D eigenvalue weighted by Gasteiger charge is 2.36. The molecule has 4 nitrogen and oxygen atoms in total. The second-order valence-electron chi connectivity index (χ2n) is 8.94. The van der Waals surface area contributed by atoms with Crippen molar-refractivity contribution in [1.29, 1.82) is 0 Å². The Labute approximate surface area is 189 Å². The molecule has 4 rings (SSSR count). The third kappa shape index (κ3) is 4.87. The first-order chi connectivity index (χ1) is 15.5. The molecule has 1 aromatic heterocycles. The Kier molecular flexibility index (Phi) is 6.63. The summed E-state index contributed by atoms with van der Waals surface area (Å²) in [6.45, 7) is 4.21. The van der Waals surface area contributed by atoms with E-state index in [1.165, 1.54) is 6.07 Å². The number of aryl methyl sites for hydroxylation is 3. The van der Waals surface area contributed by atoms with Gasteiger partial charge in [0.25, 0.3) is 5.56 Å². The van der Waals surface area contributed by atoms with E-state index in [1.54, 1.807) is 23.9 Å². The van der Waals surface area contributed by atoms with Crippen LogP contribution in [-0.2, 0) is 13.5 Å². The van der Waals surface area contributed by atoms with Crippen LogP contribution in [0.5, 0.6) is 5.75 Å². The van der Waals surface area contributed by atoms with Crippen LogP contribution in [0.15, 0.2) is 71.7 Å². The maximum atomic E-state index is 14.3. The van der Waals surface area contributed by atoms with Crippen LogP contribution in [0.3, 0.4) is 0 Å². The quantitative estimate of drug-likeness (QED) is 0.517. The number of rotatable bonds is 7. The van der Waals surface area contributed by atoms with Gasteiger partial charge in [0.2, 0.25) is 0 Å². The van der Waals surface area contributed by atoms with Gasteiger partial charge in [-0.1, -0.05) is 36.4 Å². The van der Waals surface area contributed by atoms with Gasteiger partial charge in [-0.25, -0.2) is 4.39 Å². The number of pyridine rings is 1. The molecule has 0 atom stereocenters. The monoisotopic (exact) mass is 434 g/mol. The fraction of sp³-hybridized carbons (Fsp3) is 0.370. The Balaban J connectivity index is 1.51. The average molecular weight is 435 g/mol. The molecule has 5 heteroatoms. The predicted octanol–water partition coefficient (Wildman–Crippen LogP) is 5.13. The number of aromatic nitrogens is 1. The molecule has 0 aliphatic carbocycles. The average Bonchev–Trinajstić information content (AvgIpc) is 2.81. The van der Waals surface area contributed by atoms with Gasteiger partial charge in [-0.15, -0.1) is 0 Å². The van der Waals surface area contributed by atoms with Gasteiger partial charge < -0.3 is 14.2 Å². The molecule has 0 unspecified atom stereocenters. The molecule has 1 fully saturated rings. The summed E-state index contributed by atoms with van der Waals surface area (Å²) in [5.41, 5.74) is 2.57. The van der Waals surface area contributed by atoms with E-state index in [0.29, 0.717) is 13.0 Å². The van der Waals surface area contributed by atoms with Crippen LogP contribution in [0, 0.1) is 18.2 Å². The predicted molar refractivity (Wildman–Crippen MR) is 127 cm³/mol. The van der Waals surface area contributed by atoms with Crippen molar-refractivity contribution in [1.82, 2.24) is 4.57 Å². The molecule has 1 aliphatic heterocycles. The molecule has 0 spiro atoms. The van der Waals surface area contributed by atoms with Gasteiger partial charge in [0.05, 0.1) is 6.61 Å². The summed E-state index contributed by atoms with van der Waals surface area (Å²) in [5.74, 6) is 0.754. The van der Waals surface area contributed by atoms with Crippen molar-refractivity contribution in [2.75, 3.05) is 24.6 Å². The summed E-state index contributed by atoms with van der Waals surface area (Å²) in [6.07, 6.45) is 5.10. The lowest BCUT2D eigenvalue weighted by molar-refractivity contribution is 0.102. The molecule has 0 radical (unpaired) electrons. The van der Waals surface area contributed by atoms with E-state index < -0.39 is 0 Å². The number of anilines is 1. The molecule has 168 valence electrons. The summed E-state index contributed by atoms with van der Waals surface area (Å²) < 4.78 is 22.2. The highest BCUT2D eigenvalue weighted by Crippen LogP contribution is 2.38. The summed E-state index contributed by atoms with van der Waals surface area (Å²) in [5, 5.41) is 0. The maximum Gasteiger partial charge on any atom is 0.273 e. The zero-order valence-corrected chi connectivity index (χ0v) is 18.9. The Morgan fingerprint density at radius 2 is 1.72 bits per heavy atom. The molecule has 2 aromatic carbocycles. The van der Waals surface area contributed by atoms with E-state index in [4.69, 9.17) is 4.74 Å². The lowest BCUT2D eigenvalue weighted by Crippen LogP contribution is -2.45. The second-order valence-corrected chi connectivity index (χ2v) is 8.94. The molecule has 0 N–H and O–H groups in total. The van der Waals surface area contributed by atoms with Gasteiger partial charge in [-0.05, 0) is 68.0 Å². The fourth-order valence-corrected chi connectivity index (χ4v) is 4.56. The van der Waals surface area contributed by atoms with Crippen molar-refractivity contribution in [3.63, 3.8) is 0 Å². The van der Waals surface area contributed by atoms with Gasteiger partial charge in [0, 0.05) is 31.7 Å². The van der Waals surface area contributed by atoms with E-state index in [0.717, 1.165) is 54.9 Å². The summed E-state index contributed by atoms with van der Waals surface area (Å²) >= 11 is 0. The standard InChI is InChI=1S/C27H31FN2O2/c1-21-8-3-6-12-25(21)32-20-27(14-13-22-9-4-5-10-23(22)28)15-18-30(19-16-27)24-11-7-17-29(2)26(24)31/h3-12,17H,13-16,18-20H2,1-2H3. The Hall–Kier alpha value is -3.08. The van der Waals surface area contributed by atoms with Crippen LogP contribution in [0.2, 0.25) is 0 Å². The van der Waals surface area contributed by atoms with Crippen LogP contribution >= 0.6 is 0 Å². The van der Waals surface area contributed by atoms with Crippen molar-refractivity contribution in [3.8, 4) is 5.75 Å². The Morgan fingerprint density at radius 3 is 2.47 bits per heavy atom. The smallest absolute Gasteiger partial charge is 0.273 e. The molecular formula is C27H31FN2O2. The molecule has 0 saturated carbocycles. The maximum absolute atomic E-state index is 14.3. The van der Waals surface area contributed by atoms with Crippen LogP contribution in [0.4, 0.5) is 10.1 Å². The number of hydrogen-bond donors (Lipinski definition) is 0. The number of para-hydroxylation sites is 1. The largest absolute Gasteiger partial charge is 0.493 e. The Morgan fingerprint density at radius 1 is 1.00 bits per heavy atom. The van der Waals surface area contributed by atoms with Crippen molar-refractivity contribution < 1.29 is 9.13 Å². The van der Waals surface area contributed by atoms with Gasteiger partial charge in [0.15, 0.2) is 0 Å². The lowest BCUT2D eigenvalue weighted by Gasteiger charge is -2.42. The number of benzene rings is 2. The number of ether oxygens (including phenoxy) is 1. The zero-order valence-electron chi connectivity index (χ0n) is 18.9. The van der Waals surface area contributed by atoms with Gasteiger partial charge in [-0.3, -0.25) is 4.79 Å². The molecule has 1 saturated heterocycles. The molecule has 2 heterocycles. The first-order valence-electron chi connectivity index (χ1n) is 11.3.